The standard InChI is InChI=1S/C8H4INO2S/c9-5-1-4-2-6(8(11)12)13-7(4)10-3-5/h1-3H,(H,11,12). The Morgan fingerprint density at radius 1 is 1.54 bits per heavy atom. The number of aromatic nitrogens is 1. The van der Waals surface area contributed by atoms with Gasteiger partial charge in [-0.05, 0) is 34.7 Å². The van der Waals surface area contributed by atoms with Crippen LogP contribution in [0.5, 0.6) is 0 Å². The summed E-state index contributed by atoms with van der Waals surface area (Å²) >= 11 is 3.35. The van der Waals surface area contributed by atoms with Crippen LogP contribution in [0.1, 0.15) is 9.67 Å². The zero-order valence-electron chi connectivity index (χ0n) is 6.32. The molecular formula is C8H4INO2S. The Hall–Kier alpha value is -0.690. The number of nitrogens with zero attached hydrogens (tertiary/aromatic N) is 1. The molecule has 1 N–H and O–H groups in total. The number of hydrogen-bond donors (Lipinski definition) is 1. The molecule has 0 aliphatic heterocycles. The quantitative estimate of drug-likeness (QED) is 0.824. The van der Waals surface area contributed by atoms with Crippen LogP contribution < -0.4 is 0 Å². The lowest BCUT2D eigenvalue weighted by molar-refractivity contribution is 0.0702. The van der Waals surface area contributed by atoms with Crippen LogP contribution in [0.4, 0.5) is 0 Å². The smallest absolute Gasteiger partial charge is 0.345 e. The fraction of sp³-hybridized carbons (Fsp3) is 0. The van der Waals surface area contributed by atoms with Crippen LogP contribution in [0.25, 0.3) is 10.2 Å². The zero-order chi connectivity index (χ0) is 9.42. The summed E-state index contributed by atoms with van der Waals surface area (Å²) in [5.74, 6) is -0.891. The molecular weight excluding hydrogens is 301 g/mol. The lowest BCUT2D eigenvalue weighted by Crippen LogP contribution is -1.89. The molecule has 0 bridgehead atoms. The molecule has 2 heterocycles. The van der Waals surface area contributed by atoms with E-state index in [4.69, 9.17) is 5.11 Å². The second kappa shape index (κ2) is 3.22. The third kappa shape index (κ3) is 1.66. The first-order valence-corrected chi connectivity index (χ1v) is 5.35. The molecule has 0 aliphatic rings. The molecule has 0 amide bonds. The number of pyridine rings is 1. The third-order valence-corrected chi connectivity index (χ3v) is 3.19. The van der Waals surface area contributed by atoms with Gasteiger partial charge in [0, 0.05) is 15.2 Å². The Balaban J connectivity index is 2.68. The van der Waals surface area contributed by atoms with E-state index in [1.165, 1.54) is 11.3 Å². The van der Waals surface area contributed by atoms with Crippen molar-refractivity contribution < 1.29 is 9.90 Å². The molecule has 13 heavy (non-hydrogen) atoms. The van der Waals surface area contributed by atoms with Gasteiger partial charge in [-0.1, -0.05) is 0 Å². The summed E-state index contributed by atoms with van der Waals surface area (Å²) < 4.78 is 1.01. The fourth-order valence-corrected chi connectivity index (χ4v) is 2.31. The number of rotatable bonds is 1. The molecule has 2 rings (SSSR count). The second-order valence-corrected chi connectivity index (χ2v) is 4.74. The molecule has 3 nitrogen and oxygen atoms in total. The Kier molecular flexibility index (Phi) is 2.20. The van der Waals surface area contributed by atoms with E-state index in [0.29, 0.717) is 4.88 Å². The average Bonchev–Trinajstić information content (AvgIpc) is 2.46. The SMILES string of the molecule is O=C(O)c1cc2cc(I)cnc2s1. The third-order valence-electron chi connectivity index (χ3n) is 1.55. The minimum Gasteiger partial charge on any atom is -0.477 e. The largest absolute Gasteiger partial charge is 0.477 e. The van der Waals surface area contributed by atoms with Crippen LogP contribution in [-0.2, 0) is 0 Å². The van der Waals surface area contributed by atoms with Gasteiger partial charge in [-0.15, -0.1) is 11.3 Å². The topological polar surface area (TPSA) is 50.2 Å². The van der Waals surface area contributed by atoms with E-state index in [1.807, 2.05) is 6.07 Å². The van der Waals surface area contributed by atoms with Crippen LogP contribution in [0.3, 0.4) is 0 Å². The zero-order valence-corrected chi connectivity index (χ0v) is 9.29. The van der Waals surface area contributed by atoms with E-state index in [0.717, 1.165) is 13.8 Å². The molecule has 2 aromatic heterocycles. The lowest BCUT2D eigenvalue weighted by atomic mass is 10.3. The summed E-state index contributed by atoms with van der Waals surface area (Å²) in [7, 11) is 0. The maximum Gasteiger partial charge on any atom is 0.345 e. The van der Waals surface area contributed by atoms with Gasteiger partial charge in [0.1, 0.15) is 9.71 Å². The Labute approximate surface area is 91.6 Å². The molecule has 0 saturated heterocycles. The van der Waals surface area contributed by atoms with Crippen molar-refractivity contribution in [2.24, 2.45) is 0 Å². The van der Waals surface area contributed by atoms with Crippen molar-refractivity contribution in [1.29, 1.82) is 0 Å². The number of carboxylic acid groups (broad SMARTS) is 1. The predicted molar refractivity (Wildman–Crippen MR) is 59.3 cm³/mol. The summed E-state index contributed by atoms with van der Waals surface area (Å²) in [5.41, 5.74) is 0. The number of halogens is 1. The van der Waals surface area contributed by atoms with E-state index in [9.17, 15) is 4.79 Å². The van der Waals surface area contributed by atoms with Gasteiger partial charge in [-0.25, -0.2) is 9.78 Å². The number of aromatic carboxylic acids is 1. The average molecular weight is 305 g/mol. The minimum atomic E-state index is -0.891. The van der Waals surface area contributed by atoms with Crippen molar-refractivity contribution in [2.45, 2.75) is 0 Å². The lowest BCUT2D eigenvalue weighted by Gasteiger charge is -1.87. The number of thiophene rings is 1. The summed E-state index contributed by atoms with van der Waals surface area (Å²) in [4.78, 5) is 15.9. The number of carbonyl (C=O) groups is 1. The van der Waals surface area contributed by atoms with Crippen molar-refractivity contribution in [3.63, 3.8) is 0 Å². The maximum atomic E-state index is 10.6. The van der Waals surface area contributed by atoms with Gasteiger partial charge in [0.25, 0.3) is 0 Å². The first-order valence-electron chi connectivity index (χ1n) is 3.45. The van der Waals surface area contributed by atoms with Gasteiger partial charge in [-0.3, -0.25) is 0 Å². The first kappa shape index (κ1) is 8.89. The molecule has 0 radical (unpaired) electrons. The Morgan fingerprint density at radius 2 is 2.31 bits per heavy atom. The van der Waals surface area contributed by atoms with Crippen molar-refractivity contribution in [2.75, 3.05) is 0 Å². The number of fused-ring (bicyclic) bond motifs is 1. The van der Waals surface area contributed by atoms with E-state index in [-0.39, 0.29) is 0 Å². The highest BCUT2D eigenvalue weighted by atomic mass is 127. The van der Waals surface area contributed by atoms with Crippen molar-refractivity contribution in [3.05, 3.63) is 26.8 Å². The van der Waals surface area contributed by atoms with Crippen LogP contribution in [0, 0.1) is 3.57 Å². The van der Waals surface area contributed by atoms with Gasteiger partial charge in [-0.2, -0.15) is 0 Å². The van der Waals surface area contributed by atoms with Gasteiger partial charge in [0.15, 0.2) is 0 Å². The highest BCUT2D eigenvalue weighted by molar-refractivity contribution is 14.1. The highest BCUT2D eigenvalue weighted by Gasteiger charge is 2.08. The Bertz CT molecular complexity index is 480. The summed E-state index contributed by atoms with van der Waals surface area (Å²) in [5, 5.41) is 9.63. The molecule has 0 fully saturated rings. The molecule has 66 valence electrons. The van der Waals surface area contributed by atoms with Gasteiger partial charge in [0.05, 0.1) is 0 Å². The molecule has 0 atom stereocenters. The van der Waals surface area contributed by atoms with Crippen molar-refractivity contribution >= 4 is 50.1 Å². The van der Waals surface area contributed by atoms with Crippen LogP contribution in [0.15, 0.2) is 18.3 Å². The monoisotopic (exact) mass is 305 g/mol. The summed E-state index contributed by atoms with van der Waals surface area (Å²) in [6, 6.07) is 3.57. The Morgan fingerprint density at radius 3 is 3.00 bits per heavy atom. The summed E-state index contributed by atoms with van der Waals surface area (Å²) in [6.45, 7) is 0. The number of carboxylic acids is 1. The van der Waals surface area contributed by atoms with E-state index < -0.39 is 5.97 Å². The van der Waals surface area contributed by atoms with Gasteiger partial charge >= 0.3 is 5.97 Å². The van der Waals surface area contributed by atoms with E-state index >= 15 is 0 Å². The fourth-order valence-electron chi connectivity index (χ4n) is 1.01. The normalized spacial score (nSPS) is 10.5. The minimum absolute atomic E-state index is 0.338. The molecule has 0 spiro atoms. The molecule has 0 saturated carbocycles. The van der Waals surface area contributed by atoms with Gasteiger partial charge < -0.3 is 5.11 Å². The van der Waals surface area contributed by atoms with E-state index in [2.05, 4.69) is 27.6 Å². The van der Waals surface area contributed by atoms with Crippen molar-refractivity contribution in [3.8, 4) is 0 Å². The van der Waals surface area contributed by atoms with Crippen LogP contribution in [-0.4, -0.2) is 16.1 Å². The first-order chi connectivity index (χ1) is 6.16. The summed E-state index contributed by atoms with van der Waals surface area (Å²) in [6.07, 6.45) is 1.73. The predicted octanol–water partition coefficient (Wildman–Crippen LogP) is 2.60. The van der Waals surface area contributed by atoms with Crippen LogP contribution >= 0.6 is 33.9 Å². The maximum absolute atomic E-state index is 10.6. The van der Waals surface area contributed by atoms with Gasteiger partial charge in [0.2, 0.25) is 0 Å². The molecule has 2 aromatic rings. The second-order valence-electron chi connectivity index (χ2n) is 2.46. The molecule has 0 aliphatic carbocycles. The number of hydrogen-bond acceptors (Lipinski definition) is 3. The van der Waals surface area contributed by atoms with E-state index in [1.54, 1.807) is 12.3 Å². The molecule has 0 unspecified atom stereocenters. The van der Waals surface area contributed by atoms with Crippen LogP contribution in [0.2, 0.25) is 0 Å². The highest BCUT2D eigenvalue weighted by Crippen LogP contribution is 2.24. The van der Waals surface area contributed by atoms with Crippen molar-refractivity contribution in [1.82, 2.24) is 4.98 Å². The molecule has 0 aromatic carbocycles. The molecule has 5 heteroatoms.